The van der Waals surface area contributed by atoms with Gasteiger partial charge >= 0.3 is 0 Å². The molecule has 1 aromatic rings. The summed E-state index contributed by atoms with van der Waals surface area (Å²) in [4.78, 5) is 2.42. The maximum Gasteiger partial charge on any atom is 0.123 e. The van der Waals surface area contributed by atoms with Crippen LogP contribution in [-0.4, -0.2) is 24.0 Å². The van der Waals surface area contributed by atoms with E-state index in [-0.39, 0.29) is 5.82 Å². The molecule has 88 valence electrons. The number of halogens is 1. The molecule has 1 atom stereocenters. The first-order chi connectivity index (χ1) is 7.72. The van der Waals surface area contributed by atoms with Crippen LogP contribution in [0.25, 0.3) is 0 Å². The van der Waals surface area contributed by atoms with Crippen LogP contribution in [0, 0.1) is 5.82 Å². The van der Waals surface area contributed by atoms with E-state index in [9.17, 15) is 4.39 Å². The second kappa shape index (κ2) is 4.93. The van der Waals surface area contributed by atoms with E-state index in [4.69, 9.17) is 5.73 Å². The monoisotopic (exact) mass is 222 g/mol. The van der Waals surface area contributed by atoms with Crippen LogP contribution < -0.4 is 5.73 Å². The van der Waals surface area contributed by atoms with Crippen LogP contribution in [0.3, 0.4) is 0 Å². The highest BCUT2D eigenvalue weighted by atomic mass is 19.1. The summed E-state index contributed by atoms with van der Waals surface area (Å²) in [5.41, 5.74) is 6.80. The fourth-order valence-corrected chi connectivity index (χ4v) is 2.18. The minimum absolute atomic E-state index is 0.173. The third-order valence-electron chi connectivity index (χ3n) is 3.25. The molecule has 0 amide bonds. The lowest BCUT2D eigenvalue weighted by molar-refractivity contribution is 0.206. The zero-order valence-corrected chi connectivity index (χ0v) is 9.70. The number of nitrogens with two attached hydrogens (primary N) is 1. The maximum atomic E-state index is 12.8. The van der Waals surface area contributed by atoms with Crippen molar-refractivity contribution in [2.45, 2.75) is 31.8 Å². The van der Waals surface area contributed by atoms with Crippen molar-refractivity contribution >= 4 is 0 Å². The molecule has 2 rings (SSSR count). The van der Waals surface area contributed by atoms with Gasteiger partial charge in [0.2, 0.25) is 0 Å². The quantitative estimate of drug-likeness (QED) is 0.828. The lowest BCUT2D eigenvalue weighted by Crippen LogP contribution is -2.33. The predicted molar refractivity (Wildman–Crippen MR) is 63.6 cm³/mol. The smallest absolute Gasteiger partial charge is 0.123 e. The van der Waals surface area contributed by atoms with Gasteiger partial charge in [-0.05, 0) is 37.5 Å². The highest BCUT2D eigenvalue weighted by molar-refractivity contribution is 5.20. The summed E-state index contributed by atoms with van der Waals surface area (Å²) < 4.78 is 12.8. The molecular formula is C13H19FN2. The van der Waals surface area contributed by atoms with Crippen molar-refractivity contribution in [2.24, 2.45) is 5.73 Å². The number of nitrogens with zero attached hydrogens (tertiary/aromatic N) is 1. The zero-order chi connectivity index (χ0) is 11.5. The minimum Gasteiger partial charge on any atom is -0.329 e. The Hall–Kier alpha value is -0.930. The van der Waals surface area contributed by atoms with E-state index in [0.29, 0.717) is 18.6 Å². The van der Waals surface area contributed by atoms with Crippen molar-refractivity contribution in [1.29, 1.82) is 0 Å². The molecule has 1 saturated carbocycles. The first-order valence-electron chi connectivity index (χ1n) is 5.93. The Balaban J connectivity index is 2.08. The highest BCUT2D eigenvalue weighted by Gasteiger charge is 2.31. The van der Waals surface area contributed by atoms with Crippen molar-refractivity contribution < 1.29 is 4.39 Å². The van der Waals surface area contributed by atoms with Crippen molar-refractivity contribution in [1.82, 2.24) is 4.90 Å². The average Bonchev–Trinajstić information content (AvgIpc) is 3.10. The van der Waals surface area contributed by atoms with E-state index >= 15 is 0 Å². The maximum absolute atomic E-state index is 12.8. The highest BCUT2D eigenvalue weighted by Crippen LogP contribution is 2.33. The molecule has 16 heavy (non-hydrogen) atoms. The summed E-state index contributed by atoms with van der Waals surface area (Å²) in [6.45, 7) is 3.77. The van der Waals surface area contributed by atoms with Crippen molar-refractivity contribution in [3.8, 4) is 0 Å². The average molecular weight is 222 g/mol. The van der Waals surface area contributed by atoms with Crippen molar-refractivity contribution in [3.63, 3.8) is 0 Å². The lowest BCUT2D eigenvalue weighted by atomic mass is 10.1. The molecule has 1 aromatic carbocycles. The number of rotatable bonds is 5. The molecule has 0 saturated heterocycles. The molecular weight excluding hydrogens is 203 g/mol. The Bertz CT molecular complexity index is 332. The fraction of sp³-hybridized carbons (Fsp3) is 0.538. The lowest BCUT2D eigenvalue weighted by Gasteiger charge is -2.29. The Morgan fingerprint density at radius 2 is 2.00 bits per heavy atom. The van der Waals surface area contributed by atoms with Gasteiger partial charge in [0.1, 0.15) is 5.82 Å². The summed E-state index contributed by atoms with van der Waals surface area (Å²) in [6, 6.07) is 7.80. The molecule has 3 heteroatoms. The molecule has 0 bridgehead atoms. The second-order valence-electron chi connectivity index (χ2n) is 4.49. The Morgan fingerprint density at radius 1 is 1.38 bits per heavy atom. The van der Waals surface area contributed by atoms with Gasteiger partial charge in [-0.2, -0.15) is 0 Å². The van der Waals surface area contributed by atoms with Crippen LogP contribution in [-0.2, 0) is 0 Å². The molecule has 1 aliphatic rings. The van der Waals surface area contributed by atoms with Gasteiger partial charge in [0.25, 0.3) is 0 Å². The van der Waals surface area contributed by atoms with Crippen LogP contribution in [0.2, 0.25) is 0 Å². The number of benzene rings is 1. The summed E-state index contributed by atoms with van der Waals surface area (Å²) in [5.74, 6) is -0.173. The summed E-state index contributed by atoms with van der Waals surface area (Å²) in [6.07, 6.45) is 2.54. The minimum atomic E-state index is -0.173. The summed E-state index contributed by atoms with van der Waals surface area (Å²) in [5, 5.41) is 0. The normalized spacial score (nSPS) is 17.8. The van der Waals surface area contributed by atoms with Gasteiger partial charge < -0.3 is 5.73 Å². The third kappa shape index (κ3) is 2.60. The van der Waals surface area contributed by atoms with Crippen LogP contribution in [0.15, 0.2) is 24.3 Å². The molecule has 2 nitrogen and oxygen atoms in total. The molecule has 0 radical (unpaired) electrons. The molecule has 0 spiro atoms. The van der Waals surface area contributed by atoms with Gasteiger partial charge in [-0.3, -0.25) is 4.90 Å². The molecule has 1 aliphatic carbocycles. The van der Waals surface area contributed by atoms with Crippen LogP contribution in [0.1, 0.15) is 31.4 Å². The fourth-order valence-electron chi connectivity index (χ4n) is 2.18. The molecule has 0 heterocycles. The Labute approximate surface area is 96.2 Å². The second-order valence-corrected chi connectivity index (χ2v) is 4.49. The molecule has 0 aromatic heterocycles. The zero-order valence-electron chi connectivity index (χ0n) is 9.70. The summed E-state index contributed by atoms with van der Waals surface area (Å²) in [7, 11) is 0. The van der Waals surface area contributed by atoms with Gasteiger partial charge in [0, 0.05) is 25.2 Å². The molecule has 2 N–H and O–H groups in total. The first-order valence-corrected chi connectivity index (χ1v) is 5.93. The predicted octanol–water partition coefficient (Wildman–Crippen LogP) is 2.31. The topological polar surface area (TPSA) is 29.3 Å². The van der Waals surface area contributed by atoms with Crippen molar-refractivity contribution in [2.75, 3.05) is 13.1 Å². The van der Waals surface area contributed by atoms with Gasteiger partial charge in [-0.25, -0.2) is 4.39 Å². The number of hydrogen-bond donors (Lipinski definition) is 1. The van der Waals surface area contributed by atoms with Crippen LogP contribution in [0.5, 0.6) is 0 Å². The van der Waals surface area contributed by atoms with E-state index in [1.807, 2.05) is 12.1 Å². The van der Waals surface area contributed by atoms with E-state index in [1.54, 1.807) is 0 Å². The van der Waals surface area contributed by atoms with Gasteiger partial charge in [0.05, 0.1) is 0 Å². The van der Waals surface area contributed by atoms with Gasteiger partial charge in [-0.15, -0.1) is 0 Å². The standard InChI is InChI=1S/C13H19FN2/c1-10(11-2-4-12(14)5-3-11)16(9-8-15)13-6-7-13/h2-5,10,13H,6-9,15H2,1H3. The Kier molecular flexibility index (Phi) is 3.56. The molecule has 0 aliphatic heterocycles. The summed E-state index contributed by atoms with van der Waals surface area (Å²) >= 11 is 0. The first kappa shape index (κ1) is 11.6. The van der Waals surface area contributed by atoms with Crippen LogP contribution >= 0.6 is 0 Å². The molecule has 1 unspecified atom stereocenters. The van der Waals surface area contributed by atoms with Crippen molar-refractivity contribution in [3.05, 3.63) is 35.6 Å². The van der Waals surface area contributed by atoms with Gasteiger partial charge in [0.15, 0.2) is 0 Å². The van der Waals surface area contributed by atoms with E-state index in [2.05, 4.69) is 11.8 Å². The molecule has 1 fully saturated rings. The van der Waals surface area contributed by atoms with Crippen LogP contribution in [0.4, 0.5) is 4.39 Å². The SMILES string of the molecule is CC(c1ccc(F)cc1)N(CCN)C1CC1. The third-order valence-corrected chi connectivity index (χ3v) is 3.25. The van der Waals surface area contributed by atoms with E-state index < -0.39 is 0 Å². The van der Waals surface area contributed by atoms with E-state index in [0.717, 1.165) is 6.54 Å². The number of hydrogen-bond acceptors (Lipinski definition) is 2. The van der Waals surface area contributed by atoms with E-state index in [1.165, 1.54) is 30.5 Å². The largest absolute Gasteiger partial charge is 0.329 e. The van der Waals surface area contributed by atoms with Gasteiger partial charge in [-0.1, -0.05) is 12.1 Å². The Morgan fingerprint density at radius 3 is 2.50 bits per heavy atom.